The first kappa shape index (κ1) is 35.4. The van der Waals surface area contributed by atoms with Crippen molar-refractivity contribution in [1.82, 2.24) is 25.9 Å². The van der Waals surface area contributed by atoms with Gasteiger partial charge < -0.3 is 25.4 Å². The van der Waals surface area contributed by atoms with Crippen LogP contribution in [0.2, 0.25) is 10.0 Å². The Kier molecular flexibility index (Phi) is 9.45. The summed E-state index contributed by atoms with van der Waals surface area (Å²) in [5.74, 6) is -1.04. The van der Waals surface area contributed by atoms with Gasteiger partial charge in [0.2, 0.25) is 11.7 Å². The van der Waals surface area contributed by atoms with Crippen LogP contribution in [0.25, 0.3) is 11.4 Å². The van der Waals surface area contributed by atoms with Crippen LogP contribution in [0.5, 0.6) is 5.75 Å². The number of hydrogen-bond donors (Lipinski definition) is 4. The minimum absolute atomic E-state index is 0.0518. The molecule has 11 nitrogen and oxygen atoms in total. The van der Waals surface area contributed by atoms with Gasteiger partial charge in [-0.3, -0.25) is 4.79 Å². The number of tetrazole rings is 1. The van der Waals surface area contributed by atoms with Crippen LogP contribution in [0.4, 0.5) is 11.4 Å². The predicted molar refractivity (Wildman–Crippen MR) is 201 cm³/mol. The Morgan fingerprint density at radius 3 is 2.48 bits per heavy atom. The zero-order valence-electron chi connectivity index (χ0n) is 29.2. The third kappa shape index (κ3) is 6.60. The van der Waals surface area contributed by atoms with E-state index >= 15 is 0 Å². The second-order valence-electron chi connectivity index (χ2n) is 14.7. The van der Waals surface area contributed by atoms with Crippen molar-refractivity contribution >= 4 is 46.5 Å². The largest absolute Gasteiger partial charge is 0.495 e. The lowest BCUT2D eigenvalue weighted by molar-refractivity contribution is -0.118. The first-order valence-corrected chi connectivity index (χ1v) is 17.7. The first-order valence-electron chi connectivity index (χ1n) is 17.0. The summed E-state index contributed by atoms with van der Waals surface area (Å²) in [6, 6.07) is 25.3. The summed E-state index contributed by atoms with van der Waals surface area (Å²) >= 11 is 13.9. The molecule has 1 amide bonds. The van der Waals surface area contributed by atoms with Crippen molar-refractivity contribution in [1.29, 1.82) is 0 Å². The fourth-order valence-corrected chi connectivity index (χ4v) is 8.42. The van der Waals surface area contributed by atoms with Crippen molar-refractivity contribution in [2.24, 2.45) is 5.41 Å². The normalized spacial score (nSPS) is 21.0. The van der Waals surface area contributed by atoms with Crippen LogP contribution < -0.4 is 20.3 Å². The van der Waals surface area contributed by atoms with Crippen LogP contribution in [-0.2, 0) is 16.8 Å². The van der Waals surface area contributed by atoms with Crippen LogP contribution in [0.1, 0.15) is 60.2 Å². The van der Waals surface area contributed by atoms with Crippen molar-refractivity contribution in [3.05, 3.63) is 117 Å². The lowest BCUT2D eigenvalue weighted by atomic mass is 9.63. The lowest BCUT2D eigenvalue weighted by Gasteiger charge is -2.40. The Hall–Kier alpha value is -4.97. The van der Waals surface area contributed by atoms with Gasteiger partial charge in [0.1, 0.15) is 5.75 Å². The van der Waals surface area contributed by atoms with Crippen molar-refractivity contribution in [2.45, 2.75) is 57.2 Å². The quantitative estimate of drug-likeness (QED) is 0.122. The minimum atomic E-state index is -1.09. The third-order valence-corrected chi connectivity index (χ3v) is 10.7. The molecular weight excluding hydrogens is 701 g/mol. The Morgan fingerprint density at radius 2 is 1.81 bits per heavy atom. The maximum absolute atomic E-state index is 14.7. The molecule has 4 N–H and O–H groups in total. The van der Waals surface area contributed by atoms with Crippen LogP contribution in [-0.4, -0.2) is 63.3 Å². The number of nitrogens with one attached hydrogen (secondary N) is 3. The monoisotopic (exact) mass is 739 g/mol. The number of methoxy groups -OCH3 is 1. The smallest absolute Gasteiger partial charge is 0.335 e. The number of benzene rings is 4. The molecule has 4 aromatic carbocycles. The molecule has 1 fully saturated rings. The maximum atomic E-state index is 14.7. The zero-order chi connectivity index (χ0) is 36.8. The van der Waals surface area contributed by atoms with Crippen LogP contribution in [0.3, 0.4) is 0 Å². The summed E-state index contributed by atoms with van der Waals surface area (Å²) in [7, 11) is 1.44. The summed E-state index contributed by atoms with van der Waals surface area (Å²) in [5, 5.41) is 32.0. The zero-order valence-corrected chi connectivity index (χ0v) is 30.7. The third-order valence-electron chi connectivity index (χ3n) is 10.1. The standard InChI is InChI=1S/C39H39Cl2N7O4/c1-38(2,3)19-32-39(21-48(30-16-14-25(40)18-27(30)39)20-22-9-11-23(12-10-22)35-44-46-47-45-35)33(26-7-5-6-8-28(26)41)34(43-32)36(49)42-29-15-13-24(37(50)51)17-31(29)52-4/h5-18,32-34,43H,19-21H2,1-4H3,(H,42,49)(H,50,51)(H,44,45,46,47)/t32-,33-,34+,39-/m0/s1. The molecule has 268 valence electrons. The van der Waals surface area contributed by atoms with Crippen molar-refractivity contribution < 1.29 is 19.4 Å². The molecule has 5 aromatic rings. The van der Waals surface area contributed by atoms with Gasteiger partial charge in [-0.15, -0.1) is 10.2 Å². The second kappa shape index (κ2) is 13.9. The molecule has 0 radical (unpaired) electrons. The maximum Gasteiger partial charge on any atom is 0.335 e. The van der Waals surface area contributed by atoms with Gasteiger partial charge >= 0.3 is 5.97 Å². The van der Waals surface area contributed by atoms with Crippen LogP contribution in [0.15, 0.2) is 84.9 Å². The van der Waals surface area contributed by atoms with Crippen molar-refractivity contribution in [3.8, 4) is 17.1 Å². The number of ether oxygens (including phenoxy) is 1. The topological polar surface area (TPSA) is 145 Å². The van der Waals surface area contributed by atoms with Gasteiger partial charge in [0.05, 0.1) is 24.4 Å². The molecule has 7 rings (SSSR count). The van der Waals surface area contributed by atoms with E-state index in [1.807, 2.05) is 48.5 Å². The molecule has 3 heterocycles. The summed E-state index contributed by atoms with van der Waals surface area (Å²) in [6.07, 6.45) is 0.744. The van der Waals surface area contributed by atoms with Crippen molar-refractivity contribution in [2.75, 3.05) is 23.9 Å². The number of rotatable bonds is 9. The van der Waals surface area contributed by atoms with E-state index in [9.17, 15) is 14.7 Å². The molecule has 0 unspecified atom stereocenters. The highest BCUT2D eigenvalue weighted by Gasteiger charge is 2.62. The molecule has 1 aromatic heterocycles. The van der Waals surface area contributed by atoms with E-state index in [0.29, 0.717) is 34.6 Å². The number of H-pyrrole nitrogens is 1. The molecular formula is C39H39Cl2N7O4. The van der Waals surface area contributed by atoms with Gasteiger partial charge in [0.25, 0.3) is 0 Å². The van der Waals surface area contributed by atoms with E-state index in [0.717, 1.165) is 34.4 Å². The highest BCUT2D eigenvalue weighted by molar-refractivity contribution is 6.31. The number of aromatic carboxylic acids is 1. The number of carboxylic acid groups (broad SMARTS) is 1. The predicted octanol–water partition coefficient (Wildman–Crippen LogP) is 7.34. The van der Waals surface area contributed by atoms with Crippen molar-refractivity contribution in [3.63, 3.8) is 0 Å². The number of anilines is 2. The molecule has 2 aliphatic heterocycles. The van der Waals surface area contributed by atoms with E-state index in [1.165, 1.54) is 19.2 Å². The highest BCUT2D eigenvalue weighted by atomic mass is 35.5. The van der Waals surface area contributed by atoms with E-state index in [-0.39, 0.29) is 28.7 Å². The number of carbonyl (C=O) groups is 2. The average Bonchev–Trinajstić information content (AvgIpc) is 3.83. The lowest BCUT2D eigenvalue weighted by Crippen LogP contribution is -2.48. The molecule has 4 atom stereocenters. The Balaban J connectivity index is 1.34. The molecule has 1 spiro atoms. The highest BCUT2D eigenvalue weighted by Crippen LogP contribution is 2.59. The number of carboxylic acids is 1. The van der Waals surface area contributed by atoms with E-state index in [2.05, 4.69) is 75.1 Å². The van der Waals surface area contributed by atoms with Crippen LogP contribution in [0, 0.1) is 5.41 Å². The van der Waals surface area contributed by atoms with Gasteiger partial charge in [-0.05, 0) is 76.2 Å². The molecule has 1 saturated heterocycles. The van der Waals surface area contributed by atoms with E-state index in [4.69, 9.17) is 27.9 Å². The van der Waals surface area contributed by atoms with Crippen LogP contribution >= 0.6 is 23.2 Å². The number of hydrogen-bond acceptors (Lipinski definition) is 8. The summed E-state index contributed by atoms with van der Waals surface area (Å²) in [5.41, 5.74) is 4.53. The Bertz CT molecular complexity index is 2120. The van der Waals surface area contributed by atoms with Gasteiger partial charge in [-0.1, -0.05) is 86.4 Å². The fraction of sp³-hybridized carbons (Fsp3) is 0.308. The van der Waals surface area contributed by atoms with Gasteiger partial charge in [-0.25, -0.2) is 4.79 Å². The van der Waals surface area contributed by atoms with Gasteiger partial charge in [-0.2, -0.15) is 5.21 Å². The SMILES string of the molecule is COc1cc(C(=O)O)ccc1NC(=O)[C@@H]1N[C@@H](CC(C)(C)C)[C@@]2(CN(Cc3ccc(-c4nn[nH]n4)cc3)c3ccc(Cl)cc32)[C@H]1c1ccccc1Cl. The summed E-state index contributed by atoms with van der Waals surface area (Å²) in [4.78, 5) is 28.7. The molecule has 13 heteroatoms. The van der Waals surface area contributed by atoms with E-state index < -0.39 is 23.3 Å². The Labute approximate surface area is 311 Å². The molecule has 0 bridgehead atoms. The number of amides is 1. The average molecular weight is 741 g/mol. The van der Waals surface area contributed by atoms with E-state index in [1.54, 1.807) is 6.07 Å². The Morgan fingerprint density at radius 1 is 1.04 bits per heavy atom. The molecule has 0 aliphatic carbocycles. The number of aromatic nitrogens is 4. The molecule has 2 aliphatic rings. The number of halogens is 2. The van der Waals surface area contributed by atoms with Gasteiger partial charge in [0, 0.05) is 51.8 Å². The minimum Gasteiger partial charge on any atom is -0.495 e. The molecule has 0 saturated carbocycles. The number of nitrogens with zero attached hydrogens (tertiary/aromatic N) is 4. The first-order chi connectivity index (χ1) is 24.9. The summed E-state index contributed by atoms with van der Waals surface area (Å²) < 4.78 is 5.52. The number of aromatic amines is 1. The second-order valence-corrected chi connectivity index (χ2v) is 15.5. The number of carbonyl (C=O) groups excluding carboxylic acids is 1. The molecule has 52 heavy (non-hydrogen) atoms. The number of fused-ring (bicyclic) bond motifs is 2. The van der Waals surface area contributed by atoms with Gasteiger partial charge in [0.15, 0.2) is 0 Å². The fourth-order valence-electron chi connectivity index (χ4n) is 7.99. The summed E-state index contributed by atoms with van der Waals surface area (Å²) in [6.45, 7) is 7.79.